The molecular weight excluding hydrogens is 344 g/mol. The summed E-state index contributed by atoms with van der Waals surface area (Å²) in [5, 5.41) is 22.0. The summed E-state index contributed by atoms with van der Waals surface area (Å²) in [5.41, 5.74) is 11.1. The second-order valence-corrected chi connectivity index (χ2v) is 7.09. The zero-order chi connectivity index (χ0) is 19.3. The molecule has 0 amide bonds. The molecule has 0 unspecified atom stereocenters. The van der Waals surface area contributed by atoms with Gasteiger partial charge in [0.15, 0.2) is 5.96 Å². The van der Waals surface area contributed by atoms with E-state index >= 15 is 0 Å². The van der Waals surface area contributed by atoms with Gasteiger partial charge in [-0.05, 0) is 47.6 Å². The van der Waals surface area contributed by atoms with Crippen molar-refractivity contribution in [2.24, 2.45) is 5.73 Å². The molecule has 3 N–H and O–H groups in total. The molecule has 4 heteroatoms. The first-order valence-corrected chi connectivity index (χ1v) is 9.28. The number of aryl methyl sites for hydroxylation is 2. The lowest BCUT2D eigenvalue weighted by Crippen LogP contribution is -2.32. The number of nitriles is 1. The third-order valence-corrected chi connectivity index (χ3v) is 5.60. The Hall–Kier alpha value is -3.84. The predicted molar refractivity (Wildman–Crippen MR) is 114 cm³/mol. The van der Waals surface area contributed by atoms with Crippen molar-refractivity contribution in [2.75, 3.05) is 4.90 Å². The van der Waals surface area contributed by atoms with Crippen molar-refractivity contribution in [3.8, 4) is 6.07 Å². The van der Waals surface area contributed by atoms with Crippen molar-refractivity contribution < 1.29 is 0 Å². The predicted octanol–water partition coefficient (Wildman–Crippen LogP) is 4.99. The van der Waals surface area contributed by atoms with Crippen molar-refractivity contribution in [1.29, 1.82) is 10.7 Å². The Morgan fingerprint density at radius 1 is 0.821 bits per heavy atom. The second-order valence-electron chi connectivity index (χ2n) is 7.09. The Morgan fingerprint density at radius 2 is 1.46 bits per heavy atom. The van der Waals surface area contributed by atoms with Crippen molar-refractivity contribution in [3.63, 3.8) is 0 Å². The molecule has 0 spiro atoms. The minimum absolute atomic E-state index is 0.0476. The van der Waals surface area contributed by atoms with Gasteiger partial charge in [0.25, 0.3) is 0 Å². The molecular formula is C24H18N4. The van der Waals surface area contributed by atoms with Crippen LogP contribution in [0.1, 0.15) is 16.7 Å². The van der Waals surface area contributed by atoms with Crippen molar-refractivity contribution >= 4 is 38.9 Å². The van der Waals surface area contributed by atoms with Gasteiger partial charge in [0, 0.05) is 16.2 Å². The second kappa shape index (κ2) is 6.11. The lowest BCUT2D eigenvalue weighted by molar-refractivity contribution is 1.02. The fourth-order valence-electron chi connectivity index (χ4n) is 4.39. The highest BCUT2D eigenvalue weighted by atomic mass is 15.2. The van der Waals surface area contributed by atoms with Gasteiger partial charge >= 0.3 is 0 Å². The van der Waals surface area contributed by atoms with E-state index in [9.17, 15) is 5.26 Å². The molecule has 0 saturated heterocycles. The van der Waals surface area contributed by atoms with Gasteiger partial charge < -0.3 is 5.73 Å². The normalized spacial score (nSPS) is 12.2. The largest absolute Gasteiger partial charge is 0.369 e. The summed E-state index contributed by atoms with van der Waals surface area (Å²) < 4.78 is 0. The Kier molecular flexibility index (Phi) is 3.56. The summed E-state index contributed by atoms with van der Waals surface area (Å²) in [7, 11) is 0. The van der Waals surface area contributed by atoms with Crippen molar-refractivity contribution in [2.45, 2.75) is 12.8 Å². The van der Waals surface area contributed by atoms with Crippen LogP contribution in [-0.2, 0) is 12.8 Å². The molecule has 0 saturated carbocycles. The van der Waals surface area contributed by atoms with Crippen LogP contribution in [0, 0.1) is 16.7 Å². The van der Waals surface area contributed by atoms with Gasteiger partial charge in [-0.1, -0.05) is 48.5 Å². The van der Waals surface area contributed by atoms with E-state index in [1.165, 1.54) is 16.5 Å². The number of nitrogens with two attached hydrogens (primary N) is 1. The third kappa shape index (κ3) is 2.27. The third-order valence-electron chi connectivity index (χ3n) is 5.60. The van der Waals surface area contributed by atoms with Crippen LogP contribution < -0.4 is 10.6 Å². The maximum atomic E-state index is 9.47. The monoisotopic (exact) mass is 362 g/mol. The zero-order valence-corrected chi connectivity index (χ0v) is 15.2. The number of hydrogen-bond donors (Lipinski definition) is 2. The van der Waals surface area contributed by atoms with Gasteiger partial charge in [0.2, 0.25) is 0 Å². The van der Waals surface area contributed by atoms with E-state index in [0.29, 0.717) is 5.56 Å². The number of hydrogen-bond acceptors (Lipinski definition) is 2. The number of rotatable bonds is 2. The fourth-order valence-corrected chi connectivity index (χ4v) is 4.39. The molecule has 0 aromatic heterocycles. The van der Waals surface area contributed by atoms with Crippen LogP contribution in [0.2, 0.25) is 0 Å². The van der Waals surface area contributed by atoms with Crippen LogP contribution in [0.3, 0.4) is 0 Å². The summed E-state index contributed by atoms with van der Waals surface area (Å²) in [6.07, 6.45) is 2.10. The van der Waals surface area contributed by atoms with E-state index in [4.69, 9.17) is 11.1 Å². The Labute approximate surface area is 162 Å². The molecule has 134 valence electrons. The molecule has 5 rings (SSSR count). The molecule has 4 nitrogen and oxygen atoms in total. The summed E-state index contributed by atoms with van der Waals surface area (Å²) >= 11 is 0. The maximum Gasteiger partial charge on any atom is 0.197 e. The minimum atomic E-state index is -0.0476. The van der Waals surface area contributed by atoms with Crippen LogP contribution in [0.25, 0.3) is 21.5 Å². The average molecular weight is 362 g/mol. The molecule has 0 atom stereocenters. The van der Waals surface area contributed by atoms with E-state index < -0.39 is 0 Å². The van der Waals surface area contributed by atoms with Gasteiger partial charge in [-0.2, -0.15) is 5.26 Å². The van der Waals surface area contributed by atoms with Gasteiger partial charge in [-0.3, -0.25) is 10.3 Å². The van der Waals surface area contributed by atoms with E-state index in [1.807, 2.05) is 30.3 Å². The summed E-state index contributed by atoms with van der Waals surface area (Å²) in [5.74, 6) is -0.0476. The maximum absolute atomic E-state index is 9.47. The number of nitrogens with zero attached hydrogens (tertiary/aromatic N) is 2. The first kappa shape index (κ1) is 16.3. The first-order chi connectivity index (χ1) is 13.7. The van der Waals surface area contributed by atoms with Gasteiger partial charge in [-0.15, -0.1) is 0 Å². The average Bonchev–Trinajstić information content (AvgIpc) is 3.14. The number of guanidine groups is 1. The minimum Gasteiger partial charge on any atom is -0.369 e. The number of fused-ring (bicyclic) bond motifs is 1. The number of anilines is 2. The molecule has 0 bridgehead atoms. The van der Waals surface area contributed by atoms with Crippen LogP contribution in [0.4, 0.5) is 11.4 Å². The molecule has 4 aromatic rings. The van der Waals surface area contributed by atoms with Gasteiger partial charge in [0.1, 0.15) is 0 Å². The van der Waals surface area contributed by atoms with Crippen LogP contribution in [0.5, 0.6) is 0 Å². The zero-order valence-electron chi connectivity index (χ0n) is 15.2. The topological polar surface area (TPSA) is 76.9 Å². The van der Waals surface area contributed by atoms with E-state index in [-0.39, 0.29) is 5.96 Å². The van der Waals surface area contributed by atoms with Crippen molar-refractivity contribution in [3.05, 3.63) is 83.4 Å². The van der Waals surface area contributed by atoms with Crippen molar-refractivity contribution in [1.82, 2.24) is 0 Å². The smallest absolute Gasteiger partial charge is 0.197 e. The van der Waals surface area contributed by atoms with E-state index in [2.05, 4.69) is 36.4 Å². The van der Waals surface area contributed by atoms with Crippen LogP contribution in [0.15, 0.2) is 66.7 Å². The summed E-state index contributed by atoms with van der Waals surface area (Å²) in [6, 6.07) is 24.3. The summed E-state index contributed by atoms with van der Waals surface area (Å²) in [4.78, 5) is 1.78. The SMILES string of the molecule is N#Cc1ccc(N(C(=N)N)c2ccc3c4c(cccc24)CC3)c2ccccc12. The van der Waals surface area contributed by atoms with Crippen LogP contribution >= 0.6 is 0 Å². The molecule has 1 aliphatic rings. The standard InChI is InChI=1S/C24H18N4/c25-14-17-11-13-21(19-6-2-1-5-18(17)19)28(24(26)27)22-12-10-16-9-8-15-4-3-7-20(22)23(15)16/h1-7,10-13H,8-9H2,(H3,26,27). The molecule has 0 aliphatic heterocycles. The lowest BCUT2D eigenvalue weighted by atomic mass is 10.00. The quantitative estimate of drug-likeness (QED) is 0.389. The van der Waals surface area contributed by atoms with E-state index in [0.717, 1.165) is 40.4 Å². The number of benzene rings is 4. The Balaban J connectivity index is 1.83. The Morgan fingerprint density at radius 3 is 2.21 bits per heavy atom. The first-order valence-electron chi connectivity index (χ1n) is 9.28. The molecule has 4 aromatic carbocycles. The molecule has 1 aliphatic carbocycles. The highest BCUT2D eigenvalue weighted by Gasteiger charge is 2.22. The van der Waals surface area contributed by atoms with Gasteiger partial charge in [-0.25, -0.2) is 0 Å². The highest BCUT2D eigenvalue weighted by molar-refractivity contribution is 6.14. The van der Waals surface area contributed by atoms with Crippen LogP contribution in [-0.4, -0.2) is 5.96 Å². The lowest BCUT2D eigenvalue weighted by Gasteiger charge is -2.26. The molecule has 0 fully saturated rings. The fraction of sp³-hybridized carbons (Fsp3) is 0.0833. The molecule has 0 radical (unpaired) electrons. The summed E-state index contributed by atoms with van der Waals surface area (Å²) in [6.45, 7) is 0. The highest BCUT2D eigenvalue weighted by Crippen LogP contribution is 2.41. The van der Waals surface area contributed by atoms with E-state index in [1.54, 1.807) is 11.0 Å². The number of nitrogens with one attached hydrogen (secondary N) is 1. The van der Waals surface area contributed by atoms with Gasteiger partial charge in [0.05, 0.1) is 23.0 Å². The molecule has 28 heavy (non-hydrogen) atoms. The Bertz CT molecular complexity index is 1300. The molecule has 0 heterocycles.